The van der Waals surface area contributed by atoms with E-state index in [4.69, 9.17) is 9.47 Å². The van der Waals surface area contributed by atoms with Gasteiger partial charge in [-0.3, -0.25) is 0 Å². The lowest BCUT2D eigenvalue weighted by atomic mass is 10.2. The van der Waals surface area contributed by atoms with Crippen LogP contribution in [-0.2, 0) is 11.5 Å². The third kappa shape index (κ3) is 5.59. The van der Waals surface area contributed by atoms with Crippen LogP contribution in [-0.4, -0.2) is 14.2 Å². The minimum Gasteiger partial charge on any atom is -0.497 e. The molecule has 2 nitrogen and oxygen atoms in total. The molecule has 114 valence electrons. The Kier molecular flexibility index (Phi) is 7.08. The average molecular weight is 330 g/mol. The van der Waals surface area contributed by atoms with Gasteiger partial charge in [0.2, 0.25) is 0 Å². The molecule has 0 aliphatic rings. The molecular formula is C18H18O2S2. The van der Waals surface area contributed by atoms with Crippen molar-refractivity contribution in [2.24, 2.45) is 0 Å². The minimum atomic E-state index is 0.884. The third-order valence-corrected chi connectivity index (χ3v) is 4.56. The number of hydrogen-bond acceptors (Lipinski definition) is 4. The number of methoxy groups -OCH3 is 2. The van der Waals surface area contributed by atoms with Crippen molar-refractivity contribution in [2.45, 2.75) is 11.5 Å². The van der Waals surface area contributed by atoms with Crippen LogP contribution in [0.2, 0.25) is 0 Å². The van der Waals surface area contributed by atoms with Crippen LogP contribution in [0.5, 0.6) is 11.5 Å². The number of rotatable bonds is 6. The lowest BCUT2D eigenvalue weighted by Gasteiger charge is -2.01. The summed E-state index contributed by atoms with van der Waals surface area (Å²) in [4.78, 5) is 0. The molecule has 2 aromatic rings. The van der Waals surface area contributed by atoms with Crippen LogP contribution >= 0.6 is 23.5 Å². The lowest BCUT2D eigenvalue weighted by molar-refractivity contribution is 0.414. The fourth-order valence-electron chi connectivity index (χ4n) is 1.74. The van der Waals surface area contributed by atoms with Gasteiger partial charge in [-0.25, -0.2) is 0 Å². The Balaban J connectivity index is 1.70. The van der Waals surface area contributed by atoms with Crippen LogP contribution < -0.4 is 9.47 Å². The Morgan fingerprint density at radius 1 is 0.682 bits per heavy atom. The summed E-state index contributed by atoms with van der Waals surface area (Å²) >= 11 is 3.24. The molecule has 22 heavy (non-hydrogen) atoms. The molecule has 0 saturated heterocycles. The summed E-state index contributed by atoms with van der Waals surface area (Å²) in [5, 5.41) is 6.26. The normalized spacial score (nSPS) is 9.73. The van der Waals surface area contributed by atoms with Crippen molar-refractivity contribution in [1.82, 2.24) is 0 Å². The summed E-state index contributed by atoms with van der Waals surface area (Å²) < 4.78 is 10.3. The molecule has 0 unspecified atom stereocenters. The highest BCUT2D eigenvalue weighted by Gasteiger charge is 1.95. The maximum absolute atomic E-state index is 5.14. The number of hydrogen-bond donors (Lipinski definition) is 0. The van der Waals surface area contributed by atoms with E-state index in [1.54, 1.807) is 37.7 Å². The van der Waals surface area contributed by atoms with Crippen molar-refractivity contribution in [1.29, 1.82) is 0 Å². The first kappa shape index (κ1) is 16.7. The Morgan fingerprint density at radius 3 is 1.36 bits per heavy atom. The number of ether oxygens (including phenoxy) is 2. The van der Waals surface area contributed by atoms with Crippen molar-refractivity contribution < 1.29 is 9.47 Å². The second-order valence-corrected chi connectivity index (χ2v) is 6.04. The first-order valence-electron chi connectivity index (χ1n) is 6.81. The van der Waals surface area contributed by atoms with E-state index in [0.29, 0.717) is 0 Å². The topological polar surface area (TPSA) is 18.5 Å². The van der Waals surface area contributed by atoms with Gasteiger partial charge in [0.05, 0.1) is 14.2 Å². The number of thioether (sulfide) groups is 2. The maximum Gasteiger partial charge on any atom is 0.118 e. The van der Waals surface area contributed by atoms with Gasteiger partial charge < -0.3 is 9.47 Å². The summed E-state index contributed by atoms with van der Waals surface area (Å²) in [6.45, 7) is 0. The highest BCUT2D eigenvalue weighted by Crippen LogP contribution is 2.18. The number of benzene rings is 2. The van der Waals surface area contributed by atoms with Crippen LogP contribution in [0.3, 0.4) is 0 Å². The molecule has 0 saturated carbocycles. The predicted octanol–water partition coefficient (Wildman–Crippen LogP) is 4.79. The molecule has 2 rings (SSSR count). The zero-order valence-electron chi connectivity index (χ0n) is 12.7. The zero-order valence-corrected chi connectivity index (χ0v) is 14.3. The largest absolute Gasteiger partial charge is 0.497 e. The fourth-order valence-corrected chi connectivity index (χ4v) is 3.08. The predicted molar refractivity (Wildman–Crippen MR) is 96.4 cm³/mol. The van der Waals surface area contributed by atoms with Gasteiger partial charge >= 0.3 is 0 Å². The Labute approximate surface area is 140 Å². The molecule has 4 heteroatoms. The van der Waals surface area contributed by atoms with Gasteiger partial charge in [0.1, 0.15) is 11.5 Å². The van der Waals surface area contributed by atoms with E-state index < -0.39 is 0 Å². The van der Waals surface area contributed by atoms with E-state index in [-0.39, 0.29) is 0 Å². The van der Waals surface area contributed by atoms with Gasteiger partial charge in [-0.05, 0) is 45.9 Å². The van der Waals surface area contributed by atoms with E-state index in [0.717, 1.165) is 23.0 Å². The van der Waals surface area contributed by atoms with Crippen LogP contribution in [0.1, 0.15) is 11.1 Å². The molecule has 0 aromatic heterocycles. The first-order chi connectivity index (χ1) is 10.8. The molecule has 0 aliphatic carbocycles. The summed E-state index contributed by atoms with van der Waals surface area (Å²) in [5.74, 6) is 3.55. The molecular weight excluding hydrogens is 312 g/mol. The highest BCUT2D eigenvalue weighted by molar-refractivity contribution is 8.06. The first-order valence-corrected chi connectivity index (χ1v) is 8.78. The average Bonchev–Trinajstić information content (AvgIpc) is 2.59. The Morgan fingerprint density at radius 2 is 1.05 bits per heavy atom. The minimum absolute atomic E-state index is 0.884. The standard InChI is InChI=1S/C18H18O2S2/c1-19-17-7-3-15(4-8-17)13-21-11-12-22-14-16-5-9-18(20-2)10-6-16/h3-10H,13-14H2,1-2H3. The summed E-state index contributed by atoms with van der Waals surface area (Å²) in [5.41, 5.74) is 2.50. The SMILES string of the molecule is COc1ccc(CSC#CSCc2ccc(OC)cc2)cc1. The Hall–Kier alpha value is -1.70. The molecule has 0 aliphatic heterocycles. The molecule has 0 amide bonds. The quantitative estimate of drug-likeness (QED) is 0.709. The van der Waals surface area contributed by atoms with Crippen LogP contribution in [0.15, 0.2) is 48.5 Å². The van der Waals surface area contributed by atoms with Crippen LogP contribution in [0, 0.1) is 10.5 Å². The zero-order chi connectivity index (χ0) is 15.6. The Bertz CT molecular complexity index is 569. The molecule has 0 spiro atoms. The summed E-state index contributed by atoms with van der Waals surface area (Å²) in [6, 6.07) is 16.2. The van der Waals surface area contributed by atoms with E-state index >= 15 is 0 Å². The summed E-state index contributed by atoms with van der Waals surface area (Å²) in [6.07, 6.45) is 0. The van der Waals surface area contributed by atoms with Crippen molar-refractivity contribution >= 4 is 23.5 Å². The molecule has 0 N–H and O–H groups in total. The van der Waals surface area contributed by atoms with Crippen LogP contribution in [0.25, 0.3) is 0 Å². The van der Waals surface area contributed by atoms with Crippen molar-refractivity contribution in [3.05, 3.63) is 59.7 Å². The van der Waals surface area contributed by atoms with Crippen LogP contribution in [0.4, 0.5) is 0 Å². The van der Waals surface area contributed by atoms with Gasteiger partial charge in [-0.1, -0.05) is 47.8 Å². The maximum atomic E-state index is 5.14. The van der Waals surface area contributed by atoms with Gasteiger partial charge in [0.25, 0.3) is 0 Å². The van der Waals surface area contributed by atoms with Gasteiger partial charge in [0, 0.05) is 11.5 Å². The van der Waals surface area contributed by atoms with E-state index in [2.05, 4.69) is 34.8 Å². The second-order valence-electron chi connectivity index (χ2n) is 4.48. The molecule has 0 fully saturated rings. The van der Waals surface area contributed by atoms with Gasteiger partial charge in [-0.2, -0.15) is 0 Å². The van der Waals surface area contributed by atoms with Gasteiger partial charge in [-0.15, -0.1) is 0 Å². The summed E-state index contributed by atoms with van der Waals surface area (Å²) in [7, 11) is 3.35. The highest BCUT2D eigenvalue weighted by atomic mass is 32.2. The van der Waals surface area contributed by atoms with E-state index in [9.17, 15) is 0 Å². The molecule has 0 heterocycles. The smallest absolute Gasteiger partial charge is 0.118 e. The van der Waals surface area contributed by atoms with E-state index in [1.165, 1.54) is 11.1 Å². The lowest BCUT2D eigenvalue weighted by Crippen LogP contribution is -1.83. The van der Waals surface area contributed by atoms with Crippen molar-refractivity contribution in [3.8, 4) is 22.0 Å². The second kappa shape index (κ2) is 9.34. The molecule has 2 aromatic carbocycles. The van der Waals surface area contributed by atoms with Crippen molar-refractivity contribution in [3.63, 3.8) is 0 Å². The van der Waals surface area contributed by atoms with Crippen molar-refractivity contribution in [2.75, 3.05) is 14.2 Å². The monoisotopic (exact) mass is 330 g/mol. The fraction of sp³-hybridized carbons (Fsp3) is 0.222. The molecule has 0 bridgehead atoms. The molecule has 0 atom stereocenters. The van der Waals surface area contributed by atoms with Gasteiger partial charge in [0.15, 0.2) is 0 Å². The van der Waals surface area contributed by atoms with E-state index in [1.807, 2.05) is 24.3 Å². The third-order valence-electron chi connectivity index (χ3n) is 2.98. The molecule has 0 radical (unpaired) electrons.